The van der Waals surface area contributed by atoms with Crippen LogP contribution in [0.5, 0.6) is 5.75 Å². The summed E-state index contributed by atoms with van der Waals surface area (Å²) in [5.41, 5.74) is -0.979. The first-order chi connectivity index (χ1) is 10.2. The lowest BCUT2D eigenvalue weighted by molar-refractivity contribution is -0.144. The fraction of sp³-hybridized carbons (Fsp3) is 0.529. The fourth-order valence-electron chi connectivity index (χ4n) is 2.69. The molecule has 0 saturated heterocycles. The predicted molar refractivity (Wildman–Crippen MR) is 83.1 cm³/mol. The van der Waals surface area contributed by atoms with E-state index in [1.807, 2.05) is 20.8 Å². The first-order valence-corrected chi connectivity index (χ1v) is 7.57. The number of ether oxygens (including phenoxy) is 1. The number of amides is 1. The number of hydrogen-bond acceptors (Lipinski definition) is 3. The van der Waals surface area contributed by atoms with Crippen LogP contribution in [0.1, 0.15) is 56.8 Å². The highest BCUT2D eigenvalue weighted by Gasteiger charge is 2.42. The Morgan fingerprint density at radius 1 is 1.14 bits per heavy atom. The summed E-state index contributed by atoms with van der Waals surface area (Å²) in [6.45, 7) is 5.85. The number of carboxylic acid groups (broad SMARTS) is 1. The summed E-state index contributed by atoms with van der Waals surface area (Å²) >= 11 is 0. The normalized spacial score (nSPS) is 17.0. The quantitative estimate of drug-likeness (QED) is 0.896. The van der Waals surface area contributed by atoms with Crippen LogP contribution in [0.15, 0.2) is 24.3 Å². The molecule has 22 heavy (non-hydrogen) atoms. The Bertz CT molecular complexity index is 551. The smallest absolute Gasteiger partial charge is 0.329 e. The van der Waals surface area contributed by atoms with Crippen molar-refractivity contribution in [3.8, 4) is 5.75 Å². The summed E-state index contributed by atoms with van der Waals surface area (Å²) in [4.78, 5) is 23.8. The largest absolute Gasteiger partial charge is 0.488 e. The first-order valence-electron chi connectivity index (χ1n) is 7.57. The summed E-state index contributed by atoms with van der Waals surface area (Å²) in [7, 11) is 0. The molecule has 120 valence electrons. The summed E-state index contributed by atoms with van der Waals surface area (Å²) in [6.07, 6.45) is 2.62. The van der Waals surface area contributed by atoms with Crippen LogP contribution in [0.4, 0.5) is 0 Å². The SMILES string of the molecule is CC(C)(C)Oc1ccc(C(=O)NC2(C(=O)O)CCCC2)cc1. The Balaban J connectivity index is 2.08. The summed E-state index contributed by atoms with van der Waals surface area (Å²) < 4.78 is 5.70. The predicted octanol–water partition coefficient (Wildman–Crippen LogP) is 2.99. The molecule has 1 aliphatic carbocycles. The van der Waals surface area contributed by atoms with Crippen molar-refractivity contribution in [1.29, 1.82) is 0 Å². The number of carbonyl (C=O) groups excluding carboxylic acids is 1. The molecule has 0 spiro atoms. The Morgan fingerprint density at radius 3 is 2.14 bits per heavy atom. The second-order valence-corrected chi connectivity index (χ2v) is 6.79. The molecule has 1 amide bonds. The number of aliphatic carboxylic acids is 1. The molecule has 1 fully saturated rings. The number of benzene rings is 1. The molecule has 1 aliphatic rings. The van der Waals surface area contributed by atoms with Crippen molar-refractivity contribution < 1.29 is 19.4 Å². The van der Waals surface area contributed by atoms with Crippen LogP contribution in [0, 0.1) is 0 Å². The van der Waals surface area contributed by atoms with Crippen molar-refractivity contribution in [2.45, 2.75) is 57.6 Å². The maximum Gasteiger partial charge on any atom is 0.329 e. The molecule has 0 atom stereocenters. The zero-order valence-electron chi connectivity index (χ0n) is 13.3. The van der Waals surface area contributed by atoms with Crippen LogP contribution < -0.4 is 10.1 Å². The second-order valence-electron chi connectivity index (χ2n) is 6.79. The molecule has 1 aromatic carbocycles. The number of rotatable bonds is 4. The van der Waals surface area contributed by atoms with Crippen LogP contribution in [-0.2, 0) is 4.79 Å². The lowest BCUT2D eigenvalue weighted by Gasteiger charge is -2.25. The topological polar surface area (TPSA) is 75.6 Å². The minimum absolute atomic E-state index is 0.305. The van der Waals surface area contributed by atoms with Gasteiger partial charge in [0.2, 0.25) is 0 Å². The maximum absolute atomic E-state index is 12.3. The van der Waals surface area contributed by atoms with Crippen molar-refractivity contribution in [1.82, 2.24) is 5.32 Å². The van der Waals surface area contributed by atoms with E-state index in [2.05, 4.69) is 5.32 Å². The van der Waals surface area contributed by atoms with Gasteiger partial charge < -0.3 is 15.2 Å². The van der Waals surface area contributed by atoms with Crippen LogP contribution >= 0.6 is 0 Å². The van der Waals surface area contributed by atoms with Crippen LogP contribution in [0.25, 0.3) is 0 Å². The molecular weight excluding hydrogens is 282 g/mol. The van der Waals surface area contributed by atoms with Gasteiger partial charge >= 0.3 is 5.97 Å². The van der Waals surface area contributed by atoms with E-state index >= 15 is 0 Å². The average Bonchev–Trinajstić information content (AvgIpc) is 2.87. The van der Waals surface area contributed by atoms with E-state index in [1.54, 1.807) is 24.3 Å². The number of nitrogens with one attached hydrogen (secondary N) is 1. The molecule has 0 radical (unpaired) electrons. The van der Waals surface area contributed by atoms with E-state index in [9.17, 15) is 14.7 Å². The van der Waals surface area contributed by atoms with E-state index in [4.69, 9.17) is 4.74 Å². The van der Waals surface area contributed by atoms with Gasteiger partial charge in [0.25, 0.3) is 5.91 Å². The number of carboxylic acids is 1. The van der Waals surface area contributed by atoms with Gasteiger partial charge in [0.1, 0.15) is 16.9 Å². The van der Waals surface area contributed by atoms with Crippen molar-refractivity contribution in [3.05, 3.63) is 29.8 Å². The third-order valence-corrected chi connectivity index (χ3v) is 3.76. The number of carbonyl (C=O) groups is 2. The Hall–Kier alpha value is -2.04. The minimum atomic E-state index is -1.11. The van der Waals surface area contributed by atoms with Gasteiger partial charge in [-0.15, -0.1) is 0 Å². The first kappa shape index (κ1) is 16.3. The Morgan fingerprint density at radius 2 is 1.68 bits per heavy atom. The van der Waals surface area contributed by atoms with Gasteiger partial charge in [-0.2, -0.15) is 0 Å². The fourth-order valence-corrected chi connectivity index (χ4v) is 2.69. The molecule has 0 heterocycles. The molecule has 0 bridgehead atoms. The third kappa shape index (κ3) is 3.78. The van der Waals surface area contributed by atoms with E-state index in [1.165, 1.54) is 0 Å². The highest BCUT2D eigenvalue weighted by Crippen LogP contribution is 2.30. The average molecular weight is 305 g/mol. The monoisotopic (exact) mass is 305 g/mol. The van der Waals surface area contributed by atoms with Gasteiger partial charge in [-0.25, -0.2) is 4.79 Å². The standard InChI is InChI=1S/C17H23NO4/c1-16(2,3)22-13-8-6-12(7-9-13)14(19)18-17(15(20)21)10-4-5-11-17/h6-9H,4-5,10-11H2,1-3H3,(H,18,19)(H,20,21). The van der Waals surface area contributed by atoms with Gasteiger partial charge in [0.05, 0.1) is 0 Å². The van der Waals surface area contributed by atoms with Gasteiger partial charge in [-0.05, 0) is 57.9 Å². The molecule has 0 aromatic heterocycles. The molecule has 1 saturated carbocycles. The maximum atomic E-state index is 12.3. The van der Waals surface area contributed by atoms with Crippen molar-refractivity contribution in [3.63, 3.8) is 0 Å². The van der Waals surface area contributed by atoms with E-state index in [-0.39, 0.29) is 11.5 Å². The third-order valence-electron chi connectivity index (χ3n) is 3.76. The molecule has 2 N–H and O–H groups in total. The van der Waals surface area contributed by atoms with Gasteiger partial charge in [0.15, 0.2) is 0 Å². The van der Waals surface area contributed by atoms with Crippen LogP contribution in [-0.4, -0.2) is 28.1 Å². The highest BCUT2D eigenvalue weighted by atomic mass is 16.5. The molecule has 5 nitrogen and oxygen atoms in total. The van der Waals surface area contributed by atoms with Crippen molar-refractivity contribution in [2.24, 2.45) is 0 Å². The molecule has 5 heteroatoms. The van der Waals surface area contributed by atoms with Gasteiger partial charge in [0, 0.05) is 5.56 Å². The molecule has 0 aliphatic heterocycles. The van der Waals surface area contributed by atoms with E-state index < -0.39 is 11.5 Å². The number of hydrogen-bond donors (Lipinski definition) is 2. The Labute approximate surface area is 130 Å². The summed E-state index contributed by atoms with van der Waals surface area (Å²) in [5.74, 6) is -0.629. The summed E-state index contributed by atoms with van der Waals surface area (Å²) in [6, 6.07) is 6.76. The van der Waals surface area contributed by atoms with Crippen molar-refractivity contribution >= 4 is 11.9 Å². The van der Waals surface area contributed by atoms with Crippen molar-refractivity contribution in [2.75, 3.05) is 0 Å². The zero-order valence-corrected chi connectivity index (χ0v) is 13.3. The van der Waals surface area contributed by atoms with Gasteiger partial charge in [-0.1, -0.05) is 12.8 Å². The zero-order chi connectivity index (χ0) is 16.4. The highest BCUT2D eigenvalue weighted by molar-refractivity contribution is 5.98. The molecular formula is C17H23NO4. The van der Waals surface area contributed by atoms with E-state index in [0.29, 0.717) is 24.2 Å². The molecule has 2 rings (SSSR count). The van der Waals surface area contributed by atoms with Crippen LogP contribution in [0.3, 0.4) is 0 Å². The minimum Gasteiger partial charge on any atom is -0.488 e. The second kappa shape index (κ2) is 5.99. The summed E-state index contributed by atoms with van der Waals surface area (Å²) in [5, 5.41) is 12.1. The van der Waals surface area contributed by atoms with E-state index in [0.717, 1.165) is 12.8 Å². The molecule has 0 unspecified atom stereocenters. The van der Waals surface area contributed by atoms with Crippen LogP contribution in [0.2, 0.25) is 0 Å². The molecule has 1 aromatic rings. The lowest BCUT2D eigenvalue weighted by Crippen LogP contribution is -2.52. The lowest BCUT2D eigenvalue weighted by atomic mass is 9.97. The Kier molecular flexibility index (Phi) is 4.44. The van der Waals surface area contributed by atoms with Gasteiger partial charge in [-0.3, -0.25) is 4.79 Å².